The van der Waals surface area contributed by atoms with E-state index in [0.717, 1.165) is 38.8 Å². The van der Waals surface area contributed by atoms with E-state index in [9.17, 15) is 9.59 Å². The monoisotopic (exact) mass is 254 g/mol. The molecule has 1 saturated heterocycles. The van der Waals surface area contributed by atoms with E-state index in [1.807, 2.05) is 4.90 Å². The second-order valence-electron chi connectivity index (χ2n) is 5.29. The van der Waals surface area contributed by atoms with E-state index in [2.05, 4.69) is 0 Å². The number of carboxylic acids is 1. The van der Waals surface area contributed by atoms with Gasteiger partial charge in [0.15, 0.2) is 0 Å². The van der Waals surface area contributed by atoms with Gasteiger partial charge in [0.2, 0.25) is 0 Å². The smallest absolute Gasteiger partial charge is 0.323 e. The molecule has 1 saturated carbocycles. The Morgan fingerprint density at radius 1 is 1.06 bits per heavy atom. The van der Waals surface area contributed by atoms with Crippen LogP contribution < -0.4 is 0 Å². The largest absolute Gasteiger partial charge is 0.480 e. The van der Waals surface area contributed by atoms with Gasteiger partial charge in [-0.1, -0.05) is 19.3 Å². The van der Waals surface area contributed by atoms with Crippen molar-refractivity contribution in [3.8, 4) is 0 Å². The highest BCUT2D eigenvalue weighted by Gasteiger charge is 2.35. The van der Waals surface area contributed by atoms with Crippen LogP contribution in [0.1, 0.15) is 44.9 Å². The first-order valence-electron chi connectivity index (χ1n) is 6.96. The summed E-state index contributed by atoms with van der Waals surface area (Å²) in [5.41, 5.74) is 0. The van der Waals surface area contributed by atoms with Gasteiger partial charge in [0.05, 0.1) is 0 Å². The molecule has 1 aliphatic carbocycles. The molecule has 102 valence electrons. The first kappa shape index (κ1) is 13.2. The molecule has 0 bridgehead atoms. The van der Waals surface area contributed by atoms with Crippen molar-refractivity contribution in [3.05, 3.63) is 0 Å². The molecule has 5 heteroatoms. The van der Waals surface area contributed by atoms with Crippen molar-refractivity contribution < 1.29 is 14.7 Å². The second kappa shape index (κ2) is 6.07. The Bertz CT molecular complexity index is 307. The van der Waals surface area contributed by atoms with E-state index < -0.39 is 5.97 Å². The van der Waals surface area contributed by atoms with Crippen molar-refractivity contribution in [3.63, 3.8) is 0 Å². The standard InChI is InChI=1S/C13H22N2O3/c16-12(17)10-15(11-6-7-11)13(18)14-8-4-2-1-3-5-9-14/h11H,1-10H2,(H,16,17). The number of aliphatic carboxylic acids is 1. The lowest BCUT2D eigenvalue weighted by molar-refractivity contribution is -0.137. The molecule has 2 amide bonds. The number of likely N-dealkylation sites (tertiary alicyclic amines) is 1. The fraction of sp³-hybridized carbons (Fsp3) is 0.846. The first-order valence-corrected chi connectivity index (χ1v) is 6.96. The van der Waals surface area contributed by atoms with Crippen molar-refractivity contribution in [2.24, 2.45) is 0 Å². The normalized spacial score (nSPS) is 21.0. The van der Waals surface area contributed by atoms with Gasteiger partial charge in [0.25, 0.3) is 0 Å². The minimum Gasteiger partial charge on any atom is -0.480 e. The fourth-order valence-electron chi connectivity index (χ4n) is 2.51. The lowest BCUT2D eigenvalue weighted by Crippen LogP contribution is -2.47. The molecule has 2 rings (SSSR count). The Morgan fingerprint density at radius 3 is 2.11 bits per heavy atom. The summed E-state index contributed by atoms with van der Waals surface area (Å²) in [6.07, 6.45) is 7.58. The van der Waals surface area contributed by atoms with Crippen molar-refractivity contribution in [1.82, 2.24) is 9.80 Å². The molecule has 0 atom stereocenters. The van der Waals surface area contributed by atoms with Gasteiger partial charge in [-0.25, -0.2) is 4.79 Å². The fourth-order valence-corrected chi connectivity index (χ4v) is 2.51. The highest BCUT2D eigenvalue weighted by atomic mass is 16.4. The second-order valence-corrected chi connectivity index (χ2v) is 5.29. The number of amides is 2. The molecule has 0 aromatic rings. The van der Waals surface area contributed by atoms with Crippen LogP contribution in [0.25, 0.3) is 0 Å². The maximum atomic E-state index is 12.4. The van der Waals surface area contributed by atoms with Crippen molar-refractivity contribution >= 4 is 12.0 Å². The molecule has 5 nitrogen and oxygen atoms in total. The summed E-state index contributed by atoms with van der Waals surface area (Å²) in [4.78, 5) is 26.6. The van der Waals surface area contributed by atoms with Gasteiger partial charge in [-0.15, -0.1) is 0 Å². The zero-order valence-electron chi connectivity index (χ0n) is 10.8. The first-order chi connectivity index (χ1) is 8.68. The Morgan fingerprint density at radius 2 is 1.61 bits per heavy atom. The molecule has 0 spiro atoms. The van der Waals surface area contributed by atoms with Crippen LogP contribution in [0, 0.1) is 0 Å². The van der Waals surface area contributed by atoms with E-state index in [-0.39, 0.29) is 18.6 Å². The number of hydrogen-bond acceptors (Lipinski definition) is 2. The number of rotatable bonds is 3. The van der Waals surface area contributed by atoms with Crippen LogP contribution >= 0.6 is 0 Å². The van der Waals surface area contributed by atoms with Crippen molar-refractivity contribution in [2.75, 3.05) is 19.6 Å². The third-order valence-electron chi connectivity index (χ3n) is 3.67. The molecule has 0 radical (unpaired) electrons. The van der Waals surface area contributed by atoms with E-state index in [1.54, 1.807) is 4.90 Å². The molecule has 18 heavy (non-hydrogen) atoms. The number of hydrogen-bond donors (Lipinski definition) is 1. The summed E-state index contributed by atoms with van der Waals surface area (Å²) in [5, 5.41) is 8.90. The van der Waals surface area contributed by atoms with Crippen LogP contribution in [0.3, 0.4) is 0 Å². The SMILES string of the molecule is O=C(O)CN(C(=O)N1CCCCCCC1)C1CC1. The van der Waals surface area contributed by atoms with Crippen LogP contribution in [0.4, 0.5) is 4.79 Å². The van der Waals surface area contributed by atoms with Crippen LogP contribution in [0.15, 0.2) is 0 Å². The van der Waals surface area contributed by atoms with Crippen molar-refractivity contribution in [1.29, 1.82) is 0 Å². The lowest BCUT2D eigenvalue weighted by Gasteiger charge is -2.31. The summed E-state index contributed by atoms with van der Waals surface area (Å²) in [6.45, 7) is 1.41. The number of nitrogens with zero attached hydrogens (tertiary/aromatic N) is 2. The van der Waals surface area contributed by atoms with Crippen LogP contribution in [-0.2, 0) is 4.79 Å². The predicted octanol–water partition coefficient (Wildman–Crippen LogP) is 1.92. The van der Waals surface area contributed by atoms with Gasteiger partial charge in [-0.05, 0) is 25.7 Å². The van der Waals surface area contributed by atoms with E-state index in [0.29, 0.717) is 0 Å². The minimum atomic E-state index is -0.915. The van der Waals surface area contributed by atoms with Gasteiger partial charge in [0, 0.05) is 19.1 Å². The third kappa shape index (κ3) is 3.62. The van der Waals surface area contributed by atoms with Gasteiger partial charge in [0.1, 0.15) is 6.54 Å². The summed E-state index contributed by atoms with van der Waals surface area (Å²) in [5.74, 6) is -0.915. The van der Waals surface area contributed by atoms with Gasteiger partial charge in [-0.2, -0.15) is 0 Å². The van der Waals surface area contributed by atoms with E-state index >= 15 is 0 Å². The highest BCUT2D eigenvalue weighted by molar-refractivity contribution is 5.80. The Hall–Kier alpha value is -1.26. The molecule has 1 N–H and O–H groups in total. The third-order valence-corrected chi connectivity index (χ3v) is 3.67. The minimum absolute atomic E-state index is 0.0678. The van der Waals surface area contributed by atoms with Crippen LogP contribution in [0.5, 0.6) is 0 Å². The Balaban J connectivity index is 1.94. The number of carboxylic acid groups (broad SMARTS) is 1. The maximum absolute atomic E-state index is 12.4. The van der Waals surface area contributed by atoms with Gasteiger partial charge in [-0.3, -0.25) is 4.79 Å². The van der Waals surface area contributed by atoms with Gasteiger partial charge >= 0.3 is 12.0 Å². The highest BCUT2D eigenvalue weighted by Crippen LogP contribution is 2.28. The molecule has 0 unspecified atom stereocenters. The van der Waals surface area contributed by atoms with E-state index in [4.69, 9.17) is 5.11 Å². The quantitative estimate of drug-likeness (QED) is 0.837. The molecule has 0 aromatic carbocycles. The molecule has 2 aliphatic rings. The van der Waals surface area contributed by atoms with Crippen LogP contribution in [0.2, 0.25) is 0 Å². The number of urea groups is 1. The average Bonchev–Trinajstić information content (AvgIpc) is 3.08. The lowest BCUT2D eigenvalue weighted by atomic mass is 10.1. The van der Waals surface area contributed by atoms with Crippen molar-refractivity contribution in [2.45, 2.75) is 51.0 Å². The zero-order valence-corrected chi connectivity index (χ0v) is 10.8. The molecular weight excluding hydrogens is 232 g/mol. The Labute approximate surface area is 108 Å². The molecular formula is C13H22N2O3. The predicted molar refractivity (Wildman–Crippen MR) is 67.4 cm³/mol. The molecule has 1 heterocycles. The van der Waals surface area contributed by atoms with Crippen LogP contribution in [-0.4, -0.2) is 52.6 Å². The summed E-state index contributed by atoms with van der Waals surface area (Å²) in [7, 11) is 0. The number of carbonyl (C=O) groups excluding carboxylic acids is 1. The van der Waals surface area contributed by atoms with Gasteiger partial charge < -0.3 is 14.9 Å². The summed E-state index contributed by atoms with van der Waals surface area (Å²) < 4.78 is 0. The Kier molecular flexibility index (Phi) is 4.44. The summed E-state index contributed by atoms with van der Waals surface area (Å²) in [6, 6.07) is 0.0980. The zero-order chi connectivity index (χ0) is 13.0. The maximum Gasteiger partial charge on any atom is 0.323 e. The molecule has 1 aliphatic heterocycles. The molecule has 0 aromatic heterocycles. The average molecular weight is 254 g/mol. The number of carbonyl (C=O) groups is 2. The topological polar surface area (TPSA) is 60.9 Å². The van der Waals surface area contributed by atoms with E-state index in [1.165, 1.54) is 19.3 Å². The summed E-state index contributed by atoms with van der Waals surface area (Å²) >= 11 is 0. The molecule has 2 fully saturated rings.